The van der Waals surface area contributed by atoms with Crippen molar-refractivity contribution >= 4 is 40.2 Å². The maximum Gasteiger partial charge on any atom is 0.289 e. The van der Waals surface area contributed by atoms with Gasteiger partial charge in [0.05, 0.1) is 13.2 Å². The number of ether oxygens (including phenoxy) is 1. The van der Waals surface area contributed by atoms with Gasteiger partial charge < -0.3 is 25.3 Å². The third kappa shape index (κ3) is 4.30. The van der Waals surface area contributed by atoms with Crippen molar-refractivity contribution in [1.29, 1.82) is 0 Å². The molecule has 10 heteroatoms. The summed E-state index contributed by atoms with van der Waals surface area (Å²) in [5, 5.41) is 6.28. The Hall–Kier alpha value is -3.95. The number of hydrogen-bond acceptors (Lipinski definition) is 6. The highest BCUT2D eigenvalue weighted by molar-refractivity contribution is 6.38. The fourth-order valence-electron chi connectivity index (χ4n) is 6.79. The molecule has 5 fully saturated rings. The Kier molecular flexibility index (Phi) is 6.31. The summed E-state index contributed by atoms with van der Waals surface area (Å²) in [5.74, 6) is -2.01. The lowest BCUT2D eigenvalue weighted by Gasteiger charge is -2.45. The van der Waals surface area contributed by atoms with E-state index < -0.39 is 34.6 Å². The Morgan fingerprint density at radius 1 is 1.23 bits per heavy atom. The summed E-state index contributed by atoms with van der Waals surface area (Å²) in [7, 11) is 1.56. The van der Waals surface area contributed by atoms with Crippen molar-refractivity contribution in [2.45, 2.75) is 69.0 Å². The SMILES string of the molecule is C=CC12CN(C(=O)c3cc4c(OC)cccc4[nH]3)C(C(=O)N[C@@H](C[C@@H]3CCCC3=O)C(=O)C(=O)NC3CC3)(C1)C2. The van der Waals surface area contributed by atoms with Gasteiger partial charge >= 0.3 is 0 Å². The number of Topliss-reactive ketones (excluding diaryl/α,β-unsaturated/α-hetero) is 2. The van der Waals surface area contributed by atoms with E-state index in [1.54, 1.807) is 24.2 Å². The van der Waals surface area contributed by atoms with E-state index in [2.05, 4.69) is 22.2 Å². The van der Waals surface area contributed by atoms with Gasteiger partial charge in [-0.25, -0.2) is 0 Å². The number of aromatic amines is 1. The summed E-state index contributed by atoms with van der Waals surface area (Å²) < 4.78 is 5.43. The zero-order chi connectivity index (χ0) is 28.2. The molecule has 2 saturated heterocycles. The van der Waals surface area contributed by atoms with Crippen LogP contribution in [0.15, 0.2) is 36.9 Å². The van der Waals surface area contributed by atoms with Crippen LogP contribution < -0.4 is 15.4 Å². The standard InChI is InChI=1S/C30H34N4O6/c1-3-29-14-30(15-29,34(16-29)27(38)22-13-19-20(32-22)7-5-9-24(19)40-2)28(39)33-21(12-17-6-4-8-23(17)35)25(36)26(37)31-18-10-11-18/h3,5,7,9,13,17-18,21,32H,1,4,6,8,10-12,14-16H2,2H3,(H,31,37)(H,33,39)/t17-,21-,29?,30?/m0/s1. The fourth-order valence-corrected chi connectivity index (χ4v) is 6.79. The van der Waals surface area contributed by atoms with Crippen LogP contribution in [0.5, 0.6) is 5.75 Å². The van der Waals surface area contributed by atoms with Crippen molar-refractivity contribution in [2.75, 3.05) is 13.7 Å². The number of ketones is 2. The number of hydrogen-bond donors (Lipinski definition) is 3. The molecule has 3 aliphatic carbocycles. The van der Waals surface area contributed by atoms with Crippen molar-refractivity contribution in [2.24, 2.45) is 11.3 Å². The Balaban J connectivity index is 1.26. The third-order valence-electron chi connectivity index (χ3n) is 9.16. The van der Waals surface area contributed by atoms with Crippen LogP contribution in [0, 0.1) is 11.3 Å². The van der Waals surface area contributed by atoms with E-state index in [0.717, 1.165) is 30.2 Å². The highest BCUT2D eigenvalue weighted by atomic mass is 16.5. The van der Waals surface area contributed by atoms with Gasteiger partial charge in [0.15, 0.2) is 0 Å². The van der Waals surface area contributed by atoms with Crippen LogP contribution in [0.3, 0.4) is 0 Å². The maximum atomic E-state index is 14.0. The normalized spacial score (nSPS) is 27.7. The molecule has 0 unspecified atom stereocenters. The van der Waals surface area contributed by atoms with Crippen LogP contribution in [0.25, 0.3) is 10.9 Å². The molecule has 210 valence electrons. The molecule has 3 saturated carbocycles. The average Bonchev–Trinajstić information content (AvgIpc) is 3.27. The molecule has 1 aromatic heterocycles. The maximum absolute atomic E-state index is 14.0. The lowest BCUT2D eigenvalue weighted by Crippen LogP contribution is -2.63. The summed E-state index contributed by atoms with van der Waals surface area (Å²) in [6, 6.07) is 6.05. The molecule has 40 heavy (non-hydrogen) atoms. The van der Waals surface area contributed by atoms with Gasteiger partial charge in [0, 0.05) is 41.2 Å². The lowest BCUT2D eigenvalue weighted by atomic mass is 9.61. The molecule has 10 nitrogen and oxygen atoms in total. The van der Waals surface area contributed by atoms with Crippen molar-refractivity contribution in [3.05, 3.63) is 42.6 Å². The monoisotopic (exact) mass is 546 g/mol. The van der Waals surface area contributed by atoms with Crippen LogP contribution >= 0.6 is 0 Å². The second-order valence-corrected chi connectivity index (χ2v) is 11.9. The first kappa shape index (κ1) is 26.3. The second-order valence-electron chi connectivity index (χ2n) is 11.9. The zero-order valence-electron chi connectivity index (χ0n) is 22.6. The van der Waals surface area contributed by atoms with Crippen LogP contribution in [-0.4, -0.2) is 70.4 Å². The van der Waals surface area contributed by atoms with Gasteiger partial charge in [0.1, 0.15) is 22.8 Å². The highest BCUT2D eigenvalue weighted by Gasteiger charge is 2.69. The smallest absolute Gasteiger partial charge is 0.289 e. The Morgan fingerprint density at radius 3 is 2.65 bits per heavy atom. The summed E-state index contributed by atoms with van der Waals surface area (Å²) in [5.41, 5.74) is -0.523. The van der Waals surface area contributed by atoms with E-state index in [-0.39, 0.29) is 30.1 Å². The molecule has 3 heterocycles. The summed E-state index contributed by atoms with van der Waals surface area (Å²) in [6.07, 6.45) is 6.07. The van der Waals surface area contributed by atoms with Crippen LogP contribution in [0.1, 0.15) is 61.9 Å². The van der Waals surface area contributed by atoms with Crippen molar-refractivity contribution in [1.82, 2.24) is 20.5 Å². The molecule has 2 aromatic rings. The summed E-state index contributed by atoms with van der Waals surface area (Å²) >= 11 is 0. The first-order chi connectivity index (χ1) is 19.2. The first-order valence-electron chi connectivity index (χ1n) is 14.0. The van der Waals surface area contributed by atoms with Gasteiger partial charge in [-0.05, 0) is 63.1 Å². The number of H-pyrrole nitrogens is 1. The number of aromatic nitrogens is 1. The molecule has 3 amide bonds. The minimum absolute atomic E-state index is 0.0165. The molecule has 2 bridgehead atoms. The summed E-state index contributed by atoms with van der Waals surface area (Å²) in [6.45, 7) is 4.27. The largest absolute Gasteiger partial charge is 0.496 e. The van der Waals surface area contributed by atoms with E-state index in [9.17, 15) is 24.0 Å². The van der Waals surface area contributed by atoms with E-state index in [1.807, 2.05) is 18.2 Å². The van der Waals surface area contributed by atoms with Crippen molar-refractivity contribution in [3.63, 3.8) is 0 Å². The third-order valence-corrected chi connectivity index (χ3v) is 9.16. The van der Waals surface area contributed by atoms with Crippen molar-refractivity contribution < 1.29 is 28.7 Å². The predicted molar refractivity (Wildman–Crippen MR) is 146 cm³/mol. The van der Waals surface area contributed by atoms with E-state index in [0.29, 0.717) is 43.7 Å². The molecule has 5 aliphatic rings. The zero-order valence-corrected chi connectivity index (χ0v) is 22.6. The lowest BCUT2D eigenvalue weighted by molar-refractivity contribution is -0.143. The molecule has 7 rings (SSSR count). The molecule has 1 aromatic carbocycles. The molecule has 0 spiro atoms. The second kappa shape index (κ2) is 9.60. The Labute approximate surface area is 231 Å². The number of methoxy groups -OCH3 is 1. The van der Waals surface area contributed by atoms with Gasteiger partial charge in [-0.1, -0.05) is 12.1 Å². The minimum Gasteiger partial charge on any atom is -0.496 e. The van der Waals surface area contributed by atoms with Crippen LogP contribution in [0.2, 0.25) is 0 Å². The number of carbonyl (C=O) groups is 5. The number of nitrogens with one attached hydrogen (secondary N) is 3. The quantitative estimate of drug-likeness (QED) is 0.309. The van der Waals surface area contributed by atoms with Gasteiger partial charge in [0.25, 0.3) is 11.8 Å². The molecular formula is C30H34N4O6. The fraction of sp³-hybridized carbons (Fsp3) is 0.500. The van der Waals surface area contributed by atoms with Gasteiger partial charge in [-0.15, -0.1) is 6.58 Å². The van der Waals surface area contributed by atoms with Gasteiger partial charge in [-0.2, -0.15) is 0 Å². The number of amides is 3. The van der Waals surface area contributed by atoms with E-state index in [1.165, 1.54) is 0 Å². The molecular weight excluding hydrogens is 512 g/mol. The number of benzene rings is 1. The molecule has 2 aliphatic heterocycles. The van der Waals surface area contributed by atoms with Crippen molar-refractivity contribution in [3.8, 4) is 5.75 Å². The Bertz CT molecular complexity index is 1430. The predicted octanol–water partition coefficient (Wildman–Crippen LogP) is 2.43. The first-order valence-corrected chi connectivity index (χ1v) is 14.0. The topological polar surface area (TPSA) is 138 Å². The average molecular weight is 547 g/mol. The number of nitrogens with zero attached hydrogens (tertiary/aromatic N) is 1. The molecule has 3 N–H and O–H groups in total. The van der Waals surface area contributed by atoms with Gasteiger partial charge in [0.2, 0.25) is 11.7 Å². The van der Waals surface area contributed by atoms with Crippen LogP contribution in [0.4, 0.5) is 0 Å². The van der Waals surface area contributed by atoms with Crippen LogP contribution in [-0.2, 0) is 19.2 Å². The number of fused-ring (bicyclic) bond motifs is 2. The minimum atomic E-state index is -1.18. The molecule has 2 atom stereocenters. The highest BCUT2D eigenvalue weighted by Crippen LogP contribution is 2.60. The molecule has 0 radical (unpaired) electrons. The summed E-state index contributed by atoms with van der Waals surface area (Å²) in [4.78, 5) is 70.9. The van der Waals surface area contributed by atoms with E-state index >= 15 is 0 Å². The van der Waals surface area contributed by atoms with E-state index in [4.69, 9.17) is 4.74 Å². The Morgan fingerprint density at radius 2 is 2.00 bits per heavy atom. The number of rotatable bonds is 10. The van der Waals surface area contributed by atoms with Gasteiger partial charge in [-0.3, -0.25) is 24.0 Å². The number of carbonyl (C=O) groups excluding carboxylic acids is 5.